The molecule has 0 bridgehead atoms. The molecule has 0 fully saturated rings. The molecular formula is C15H16ClNO. The lowest BCUT2D eigenvalue weighted by Crippen LogP contribution is -1.93. The van der Waals surface area contributed by atoms with Crippen LogP contribution in [-0.2, 0) is 0 Å². The zero-order valence-electron chi connectivity index (χ0n) is 10.8. The lowest BCUT2D eigenvalue weighted by atomic mass is 9.98. The molecule has 0 saturated heterocycles. The molecule has 2 rings (SSSR count). The smallest absolute Gasteiger partial charge is 0.141 e. The van der Waals surface area contributed by atoms with Crippen molar-refractivity contribution < 1.29 is 4.74 Å². The molecule has 0 saturated carbocycles. The van der Waals surface area contributed by atoms with Gasteiger partial charge in [-0.25, -0.2) is 0 Å². The Hall–Kier alpha value is -1.67. The number of benzene rings is 2. The van der Waals surface area contributed by atoms with Crippen molar-refractivity contribution in [1.82, 2.24) is 0 Å². The fourth-order valence-corrected chi connectivity index (χ4v) is 2.21. The van der Waals surface area contributed by atoms with Gasteiger partial charge in [0, 0.05) is 5.02 Å². The summed E-state index contributed by atoms with van der Waals surface area (Å²) in [6.45, 7) is 4.04. The third kappa shape index (κ3) is 2.29. The van der Waals surface area contributed by atoms with Crippen LogP contribution in [0.3, 0.4) is 0 Å². The second kappa shape index (κ2) is 4.91. The third-order valence-corrected chi connectivity index (χ3v) is 3.45. The van der Waals surface area contributed by atoms with Crippen molar-refractivity contribution in [2.75, 3.05) is 12.8 Å². The molecule has 0 heterocycles. The maximum absolute atomic E-state index is 6.11. The van der Waals surface area contributed by atoms with E-state index in [2.05, 4.69) is 6.07 Å². The van der Waals surface area contributed by atoms with Gasteiger partial charge in [0.15, 0.2) is 0 Å². The summed E-state index contributed by atoms with van der Waals surface area (Å²) in [5.74, 6) is 0.696. The first-order chi connectivity index (χ1) is 8.52. The highest BCUT2D eigenvalue weighted by Crippen LogP contribution is 2.32. The van der Waals surface area contributed by atoms with E-state index in [1.165, 1.54) is 0 Å². The Morgan fingerprint density at radius 1 is 1.06 bits per heavy atom. The molecule has 0 unspecified atom stereocenters. The van der Waals surface area contributed by atoms with Gasteiger partial charge in [0.2, 0.25) is 0 Å². The Kier molecular flexibility index (Phi) is 3.48. The maximum Gasteiger partial charge on any atom is 0.141 e. The standard InChI is InChI=1S/C15H16ClNO/c1-9-7-13(16)10(2)6-12(9)11-4-5-15(18-3)14(17)8-11/h4-8H,17H2,1-3H3. The lowest BCUT2D eigenvalue weighted by molar-refractivity contribution is 0.417. The summed E-state index contributed by atoms with van der Waals surface area (Å²) in [5, 5.41) is 0.790. The number of anilines is 1. The van der Waals surface area contributed by atoms with Gasteiger partial charge >= 0.3 is 0 Å². The summed E-state index contributed by atoms with van der Waals surface area (Å²) in [6.07, 6.45) is 0. The zero-order valence-corrected chi connectivity index (χ0v) is 11.5. The van der Waals surface area contributed by atoms with E-state index in [1.807, 2.05) is 38.1 Å². The van der Waals surface area contributed by atoms with Crippen molar-refractivity contribution in [3.63, 3.8) is 0 Å². The van der Waals surface area contributed by atoms with Crippen LogP contribution in [-0.4, -0.2) is 7.11 Å². The molecule has 0 radical (unpaired) electrons. The SMILES string of the molecule is COc1ccc(-c2cc(C)c(Cl)cc2C)cc1N. The first-order valence-electron chi connectivity index (χ1n) is 5.73. The summed E-state index contributed by atoms with van der Waals surface area (Å²) in [6, 6.07) is 9.87. The average Bonchev–Trinajstić information content (AvgIpc) is 2.33. The number of nitrogen functional groups attached to an aromatic ring is 1. The largest absolute Gasteiger partial charge is 0.495 e. The van der Waals surface area contributed by atoms with Gasteiger partial charge in [0.25, 0.3) is 0 Å². The molecule has 0 atom stereocenters. The van der Waals surface area contributed by atoms with E-state index >= 15 is 0 Å². The number of aryl methyl sites for hydroxylation is 2. The molecule has 0 amide bonds. The molecule has 0 spiro atoms. The number of nitrogens with two attached hydrogens (primary N) is 1. The quantitative estimate of drug-likeness (QED) is 0.822. The van der Waals surface area contributed by atoms with Gasteiger partial charge < -0.3 is 10.5 Å². The molecule has 94 valence electrons. The molecule has 2 aromatic rings. The second-order valence-corrected chi connectivity index (χ2v) is 4.78. The van der Waals surface area contributed by atoms with Gasteiger partial charge in [0.1, 0.15) is 5.75 Å². The van der Waals surface area contributed by atoms with Crippen molar-refractivity contribution >= 4 is 17.3 Å². The van der Waals surface area contributed by atoms with E-state index in [0.717, 1.165) is 27.3 Å². The number of ether oxygens (including phenoxy) is 1. The van der Waals surface area contributed by atoms with Gasteiger partial charge in [-0.05, 0) is 60.4 Å². The Morgan fingerprint density at radius 3 is 2.39 bits per heavy atom. The molecule has 0 aromatic heterocycles. The summed E-state index contributed by atoms with van der Waals surface area (Å²) in [5.41, 5.74) is 11.0. The van der Waals surface area contributed by atoms with Crippen LogP contribution in [0.1, 0.15) is 11.1 Å². The normalized spacial score (nSPS) is 10.4. The Morgan fingerprint density at radius 2 is 1.78 bits per heavy atom. The Labute approximate surface area is 112 Å². The summed E-state index contributed by atoms with van der Waals surface area (Å²) >= 11 is 6.11. The molecule has 0 aliphatic carbocycles. The number of halogens is 1. The third-order valence-electron chi connectivity index (χ3n) is 3.05. The second-order valence-electron chi connectivity index (χ2n) is 4.37. The molecule has 2 nitrogen and oxygen atoms in total. The van der Waals surface area contributed by atoms with Crippen molar-refractivity contribution in [1.29, 1.82) is 0 Å². The van der Waals surface area contributed by atoms with Crippen LogP contribution in [0.15, 0.2) is 30.3 Å². The highest BCUT2D eigenvalue weighted by Gasteiger charge is 2.07. The lowest BCUT2D eigenvalue weighted by Gasteiger charge is -2.11. The summed E-state index contributed by atoms with van der Waals surface area (Å²) in [4.78, 5) is 0. The van der Waals surface area contributed by atoms with Crippen LogP contribution in [0.4, 0.5) is 5.69 Å². The van der Waals surface area contributed by atoms with Gasteiger partial charge in [-0.1, -0.05) is 17.7 Å². The molecule has 2 aromatic carbocycles. The van der Waals surface area contributed by atoms with E-state index in [-0.39, 0.29) is 0 Å². The van der Waals surface area contributed by atoms with Crippen molar-refractivity contribution in [3.05, 3.63) is 46.5 Å². The molecule has 0 aliphatic rings. The van der Waals surface area contributed by atoms with E-state index < -0.39 is 0 Å². The number of rotatable bonds is 2. The predicted octanol–water partition coefficient (Wildman–Crippen LogP) is 4.21. The monoisotopic (exact) mass is 261 g/mol. The molecule has 0 aliphatic heterocycles. The highest BCUT2D eigenvalue weighted by atomic mass is 35.5. The average molecular weight is 262 g/mol. The number of hydrogen-bond donors (Lipinski definition) is 1. The highest BCUT2D eigenvalue weighted by molar-refractivity contribution is 6.31. The van der Waals surface area contributed by atoms with Crippen molar-refractivity contribution in [2.45, 2.75) is 13.8 Å². The van der Waals surface area contributed by atoms with Crippen LogP contribution in [0.25, 0.3) is 11.1 Å². The van der Waals surface area contributed by atoms with Gasteiger partial charge in [-0.2, -0.15) is 0 Å². The van der Waals surface area contributed by atoms with E-state index in [4.69, 9.17) is 22.1 Å². The molecule has 2 N–H and O–H groups in total. The van der Waals surface area contributed by atoms with Gasteiger partial charge in [-0.3, -0.25) is 0 Å². The van der Waals surface area contributed by atoms with E-state index in [0.29, 0.717) is 11.4 Å². The van der Waals surface area contributed by atoms with Crippen LogP contribution in [0, 0.1) is 13.8 Å². The van der Waals surface area contributed by atoms with Crippen LogP contribution >= 0.6 is 11.6 Å². The van der Waals surface area contributed by atoms with E-state index in [1.54, 1.807) is 7.11 Å². The van der Waals surface area contributed by atoms with Gasteiger partial charge in [-0.15, -0.1) is 0 Å². The maximum atomic E-state index is 6.11. The minimum atomic E-state index is 0.641. The first-order valence-corrected chi connectivity index (χ1v) is 6.11. The van der Waals surface area contributed by atoms with Crippen LogP contribution in [0.2, 0.25) is 5.02 Å². The zero-order chi connectivity index (χ0) is 13.3. The Bertz CT molecular complexity index is 593. The fraction of sp³-hybridized carbons (Fsp3) is 0.200. The van der Waals surface area contributed by atoms with Gasteiger partial charge in [0.05, 0.1) is 12.8 Å². The topological polar surface area (TPSA) is 35.2 Å². The summed E-state index contributed by atoms with van der Waals surface area (Å²) in [7, 11) is 1.61. The minimum absolute atomic E-state index is 0.641. The van der Waals surface area contributed by atoms with Crippen molar-refractivity contribution in [3.8, 4) is 16.9 Å². The molecule has 3 heteroatoms. The van der Waals surface area contributed by atoms with Crippen molar-refractivity contribution in [2.24, 2.45) is 0 Å². The predicted molar refractivity (Wildman–Crippen MR) is 77.3 cm³/mol. The number of methoxy groups -OCH3 is 1. The summed E-state index contributed by atoms with van der Waals surface area (Å²) < 4.78 is 5.16. The first kappa shape index (κ1) is 12.8. The van der Waals surface area contributed by atoms with Crippen LogP contribution in [0.5, 0.6) is 5.75 Å². The molecule has 18 heavy (non-hydrogen) atoms. The van der Waals surface area contributed by atoms with Crippen LogP contribution < -0.4 is 10.5 Å². The van der Waals surface area contributed by atoms with E-state index in [9.17, 15) is 0 Å². The number of hydrogen-bond acceptors (Lipinski definition) is 2. The fourth-order valence-electron chi connectivity index (χ4n) is 1.99. The minimum Gasteiger partial charge on any atom is -0.495 e. The molecular weight excluding hydrogens is 246 g/mol. The Balaban J connectivity index is 2.55.